The molecule has 1 heterocycles. The Bertz CT molecular complexity index is 780. The third-order valence-corrected chi connectivity index (χ3v) is 6.16. The van der Waals surface area contributed by atoms with Gasteiger partial charge in [0.1, 0.15) is 0 Å². The summed E-state index contributed by atoms with van der Waals surface area (Å²) in [6.45, 7) is 0.943. The molecule has 3 rings (SSSR count). The van der Waals surface area contributed by atoms with Crippen LogP contribution >= 0.6 is 11.6 Å². The molecule has 128 valence electrons. The molecule has 0 aliphatic carbocycles. The molecular formula is C18H20ClNO3S. The molecule has 4 nitrogen and oxygen atoms in total. The fourth-order valence-corrected chi connectivity index (χ4v) is 4.61. The van der Waals surface area contributed by atoms with Crippen LogP contribution in [0, 0.1) is 0 Å². The van der Waals surface area contributed by atoms with E-state index >= 15 is 0 Å². The summed E-state index contributed by atoms with van der Waals surface area (Å²) in [6.07, 6.45) is 0.626. The Labute approximate surface area is 148 Å². The van der Waals surface area contributed by atoms with E-state index in [1.165, 1.54) is 0 Å². The predicted octanol–water partition coefficient (Wildman–Crippen LogP) is 3.11. The largest absolute Gasteiger partial charge is 0.379 e. The lowest BCUT2D eigenvalue weighted by molar-refractivity contribution is 0.109. The zero-order valence-electron chi connectivity index (χ0n) is 13.3. The highest BCUT2D eigenvalue weighted by atomic mass is 35.5. The minimum absolute atomic E-state index is 0.0128. The van der Waals surface area contributed by atoms with Gasteiger partial charge in [-0.25, -0.2) is 8.42 Å². The summed E-state index contributed by atoms with van der Waals surface area (Å²) in [5.41, 5.74) is 1.98. The van der Waals surface area contributed by atoms with E-state index in [0.717, 1.165) is 11.1 Å². The number of benzene rings is 2. The maximum Gasteiger partial charge on any atom is 0.217 e. The highest BCUT2D eigenvalue weighted by Gasteiger charge is 2.32. The van der Waals surface area contributed by atoms with Crippen molar-refractivity contribution in [2.45, 2.75) is 19.0 Å². The quantitative estimate of drug-likeness (QED) is 0.836. The Morgan fingerprint density at radius 3 is 2.58 bits per heavy atom. The van der Waals surface area contributed by atoms with Gasteiger partial charge in [0.15, 0.2) is 0 Å². The first-order chi connectivity index (χ1) is 11.5. The van der Waals surface area contributed by atoms with Crippen LogP contribution in [0.4, 0.5) is 0 Å². The van der Waals surface area contributed by atoms with Crippen molar-refractivity contribution < 1.29 is 13.2 Å². The van der Waals surface area contributed by atoms with E-state index < -0.39 is 10.0 Å². The minimum Gasteiger partial charge on any atom is -0.379 e. The summed E-state index contributed by atoms with van der Waals surface area (Å²) in [7, 11) is -3.38. The molecule has 1 aliphatic heterocycles. The number of sulfonamides is 1. The molecule has 0 radical (unpaired) electrons. The van der Waals surface area contributed by atoms with Gasteiger partial charge >= 0.3 is 0 Å². The third-order valence-electron chi connectivity index (χ3n) is 4.10. The first kappa shape index (κ1) is 17.4. The molecule has 0 saturated carbocycles. The van der Waals surface area contributed by atoms with Gasteiger partial charge in [-0.3, -0.25) is 0 Å². The summed E-state index contributed by atoms with van der Waals surface area (Å²) in [6, 6.07) is 17.0. The van der Waals surface area contributed by atoms with Crippen molar-refractivity contribution in [2.24, 2.45) is 0 Å². The van der Waals surface area contributed by atoms with Gasteiger partial charge < -0.3 is 4.74 Å². The van der Waals surface area contributed by atoms with Crippen molar-refractivity contribution >= 4 is 21.6 Å². The monoisotopic (exact) mass is 365 g/mol. The Kier molecular flexibility index (Phi) is 5.56. The van der Waals surface area contributed by atoms with Gasteiger partial charge in [0.2, 0.25) is 10.0 Å². The summed E-state index contributed by atoms with van der Waals surface area (Å²) >= 11 is 6.04. The lowest BCUT2D eigenvalue weighted by Crippen LogP contribution is -2.42. The van der Waals surface area contributed by atoms with Gasteiger partial charge in [-0.15, -0.1) is 0 Å². The maximum atomic E-state index is 12.7. The van der Waals surface area contributed by atoms with E-state index in [1.807, 2.05) is 48.5 Å². The van der Waals surface area contributed by atoms with Gasteiger partial charge in [-0.1, -0.05) is 54.1 Å². The molecule has 6 heteroatoms. The second-order valence-corrected chi connectivity index (χ2v) is 8.39. The standard InChI is InChI=1S/C18H20ClNO3S/c19-17-8-4-7-16(11-17)13-20-18(12-15-5-2-1-3-6-15)14-23-9-10-24(20,21)22/h1-8,11,18H,9-10,12-14H2/t18-/m0/s1. The number of ether oxygens (including phenoxy) is 1. The average Bonchev–Trinajstić information content (AvgIpc) is 2.69. The first-order valence-corrected chi connectivity index (χ1v) is 9.89. The summed E-state index contributed by atoms with van der Waals surface area (Å²) < 4.78 is 32.5. The van der Waals surface area contributed by atoms with Gasteiger partial charge in [0.25, 0.3) is 0 Å². The molecule has 0 spiro atoms. The summed E-state index contributed by atoms with van der Waals surface area (Å²) in [5.74, 6) is 0.0128. The van der Waals surface area contributed by atoms with Crippen LogP contribution in [0.5, 0.6) is 0 Å². The van der Waals surface area contributed by atoms with Crippen molar-refractivity contribution in [3.8, 4) is 0 Å². The molecule has 1 fully saturated rings. The maximum absolute atomic E-state index is 12.7. The third kappa shape index (κ3) is 4.36. The summed E-state index contributed by atoms with van der Waals surface area (Å²) in [5, 5.41) is 0.607. The van der Waals surface area contributed by atoms with Crippen molar-refractivity contribution in [1.29, 1.82) is 0 Å². The highest BCUT2D eigenvalue weighted by Crippen LogP contribution is 2.21. The zero-order chi connectivity index (χ0) is 17.0. The van der Waals surface area contributed by atoms with Gasteiger partial charge in [0, 0.05) is 11.6 Å². The molecule has 2 aromatic rings. The molecule has 0 aromatic heterocycles. The second-order valence-electron chi connectivity index (χ2n) is 5.91. The first-order valence-electron chi connectivity index (χ1n) is 7.90. The van der Waals surface area contributed by atoms with Crippen LogP contribution in [-0.4, -0.2) is 37.7 Å². The molecule has 2 aromatic carbocycles. The van der Waals surface area contributed by atoms with E-state index in [4.69, 9.17) is 16.3 Å². The molecule has 0 bridgehead atoms. The molecule has 0 unspecified atom stereocenters. The predicted molar refractivity (Wildman–Crippen MR) is 95.5 cm³/mol. The second kappa shape index (κ2) is 7.66. The fraction of sp³-hybridized carbons (Fsp3) is 0.333. The van der Waals surface area contributed by atoms with Crippen molar-refractivity contribution in [1.82, 2.24) is 4.31 Å². The van der Waals surface area contributed by atoms with Crippen LogP contribution in [-0.2, 0) is 27.7 Å². The Morgan fingerprint density at radius 1 is 1.08 bits per heavy atom. The molecule has 1 saturated heterocycles. The number of halogens is 1. The molecule has 0 N–H and O–H groups in total. The number of hydrogen-bond acceptors (Lipinski definition) is 3. The average molecular weight is 366 g/mol. The SMILES string of the molecule is O=S1(=O)CCOC[C@H](Cc2ccccc2)N1Cc1cccc(Cl)c1. The molecule has 1 atom stereocenters. The zero-order valence-corrected chi connectivity index (χ0v) is 14.8. The van der Waals surface area contributed by atoms with Crippen molar-refractivity contribution in [2.75, 3.05) is 19.0 Å². The molecule has 24 heavy (non-hydrogen) atoms. The Hall–Kier alpha value is -1.40. The highest BCUT2D eigenvalue weighted by molar-refractivity contribution is 7.89. The van der Waals surface area contributed by atoms with Gasteiger partial charge in [-0.05, 0) is 29.7 Å². The van der Waals surface area contributed by atoms with Crippen molar-refractivity contribution in [3.63, 3.8) is 0 Å². The van der Waals surface area contributed by atoms with E-state index in [-0.39, 0.29) is 18.4 Å². The van der Waals surface area contributed by atoms with Crippen LogP contribution in [0.3, 0.4) is 0 Å². The minimum atomic E-state index is -3.38. The Morgan fingerprint density at radius 2 is 1.83 bits per heavy atom. The van der Waals surface area contributed by atoms with E-state index in [9.17, 15) is 8.42 Å². The van der Waals surface area contributed by atoms with Crippen LogP contribution < -0.4 is 0 Å². The van der Waals surface area contributed by atoms with Crippen LogP contribution in [0.25, 0.3) is 0 Å². The number of rotatable bonds is 4. The molecule has 0 amide bonds. The van der Waals surface area contributed by atoms with E-state index in [2.05, 4.69) is 0 Å². The van der Waals surface area contributed by atoms with Crippen LogP contribution in [0.15, 0.2) is 54.6 Å². The van der Waals surface area contributed by atoms with Crippen LogP contribution in [0.1, 0.15) is 11.1 Å². The fourth-order valence-electron chi connectivity index (χ4n) is 2.90. The van der Waals surface area contributed by atoms with Crippen LogP contribution in [0.2, 0.25) is 5.02 Å². The van der Waals surface area contributed by atoms with Gasteiger partial charge in [0.05, 0.1) is 25.0 Å². The number of nitrogens with zero attached hydrogens (tertiary/aromatic N) is 1. The smallest absolute Gasteiger partial charge is 0.217 e. The Balaban J connectivity index is 1.88. The van der Waals surface area contributed by atoms with E-state index in [1.54, 1.807) is 10.4 Å². The van der Waals surface area contributed by atoms with E-state index in [0.29, 0.717) is 24.6 Å². The van der Waals surface area contributed by atoms with Gasteiger partial charge in [-0.2, -0.15) is 4.31 Å². The topological polar surface area (TPSA) is 46.6 Å². The number of hydrogen-bond donors (Lipinski definition) is 0. The molecular weight excluding hydrogens is 346 g/mol. The lowest BCUT2D eigenvalue weighted by Gasteiger charge is -2.28. The summed E-state index contributed by atoms with van der Waals surface area (Å²) in [4.78, 5) is 0. The molecule has 1 aliphatic rings. The van der Waals surface area contributed by atoms with Crippen molar-refractivity contribution in [3.05, 3.63) is 70.7 Å². The lowest BCUT2D eigenvalue weighted by atomic mass is 10.1. The normalized spacial score (nSPS) is 21.3.